The van der Waals surface area contributed by atoms with Crippen LogP contribution in [0.25, 0.3) is 0 Å². The molecule has 0 spiro atoms. The van der Waals surface area contributed by atoms with Crippen molar-refractivity contribution in [3.8, 4) is 23.0 Å². The monoisotopic (exact) mass is 411 g/mol. The third-order valence-corrected chi connectivity index (χ3v) is 6.31. The molecule has 3 heterocycles. The molecular weight excluding hydrogens is 386 g/mol. The average Bonchev–Trinajstić information content (AvgIpc) is 3.24. The first kappa shape index (κ1) is 19.1. The van der Waals surface area contributed by atoms with E-state index in [4.69, 9.17) is 23.7 Å². The zero-order chi connectivity index (χ0) is 20.8. The molecule has 3 aliphatic rings. The number of nitrogens with zero attached hydrogens (tertiary/aromatic N) is 1. The Morgan fingerprint density at radius 1 is 1.13 bits per heavy atom. The zero-order valence-electron chi connectivity index (χ0n) is 17.4. The quantitative estimate of drug-likeness (QED) is 0.716. The Balaban J connectivity index is 1.64. The number of fused-ring (bicyclic) bond motifs is 6. The number of ether oxygens (including phenoxy) is 5. The average molecular weight is 411 g/mol. The maximum absolute atomic E-state index is 11.7. The number of hydrogen-bond acceptors (Lipinski definition) is 7. The number of hydrogen-bond donors (Lipinski definition) is 0. The van der Waals surface area contributed by atoms with Gasteiger partial charge in [-0.1, -0.05) is 6.07 Å². The van der Waals surface area contributed by atoms with Crippen molar-refractivity contribution in [1.82, 2.24) is 4.90 Å². The van der Waals surface area contributed by atoms with Crippen LogP contribution < -0.4 is 18.9 Å². The lowest BCUT2D eigenvalue weighted by Crippen LogP contribution is -2.43. The number of methoxy groups -OCH3 is 2. The zero-order valence-corrected chi connectivity index (χ0v) is 17.4. The van der Waals surface area contributed by atoms with Crippen LogP contribution in [-0.2, 0) is 22.5 Å². The van der Waals surface area contributed by atoms with E-state index in [-0.39, 0.29) is 24.7 Å². The first-order valence-corrected chi connectivity index (χ1v) is 10.1. The molecule has 5 rings (SSSR count). The van der Waals surface area contributed by atoms with Gasteiger partial charge in [-0.3, -0.25) is 9.69 Å². The third-order valence-electron chi connectivity index (χ3n) is 6.31. The fourth-order valence-electron chi connectivity index (χ4n) is 4.99. The molecule has 3 aliphatic heterocycles. The first-order chi connectivity index (χ1) is 14.6. The lowest BCUT2D eigenvalue weighted by molar-refractivity contribution is -0.142. The molecule has 2 aromatic rings. The van der Waals surface area contributed by atoms with E-state index in [1.807, 2.05) is 6.07 Å². The van der Waals surface area contributed by atoms with Crippen LogP contribution in [0.5, 0.6) is 23.0 Å². The van der Waals surface area contributed by atoms with E-state index >= 15 is 0 Å². The van der Waals surface area contributed by atoms with Crippen LogP contribution in [0.2, 0.25) is 0 Å². The second kappa shape index (κ2) is 7.40. The van der Waals surface area contributed by atoms with Crippen LogP contribution in [0.1, 0.15) is 41.1 Å². The van der Waals surface area contributed by atoms with E-state index in [9.17, 15) is 4.79 Å². The Kier molecular flexibility index (Phi) is 4.70. The van der Waals surface area contributed by atoms with Crippen LogP contribution in [0, 0.1) is 0 Å². The highest BCUT2D eigenvalue weighted by Gasteiger charge is 2.42. The van der Waals surface area contributed by atoms with Gasteiger partial charge in [0.05, 0.1) is 20.8 Å². The molecular formula is C23H25NO6. The van der Waals surface area contributed by atoms with Crippen molar-refractivity contribution in [3.63, 3.8) is 0 Å². The summed E-state index contributed by atoms with van der Waals surface area (Å²) in [6, 6.07) is 8.26. The van der Waals surface area contributed by atoms with Gasteiger partial charge in [0.2, 0.25) is 6.79 Å². The highest BCUT2D eigenvalue weighted by atomic mass is 16.7. The highest BCUT2D eigenvalue weighted by molar-refractivity contribution is 5.66. The van der Waals surface area contributed by atoms with Crippen LogP contribution in [0.4, 0.5) is 0 Å². The highest BCUT2D eigenvalue weighted by Crippen LogP contribution is 2.52. The number of carbonyl (C=O) groups excluding carboxylic acids is 1. The summed E-state index contributed by atoms with van der Waals surface area (Å²) in [5.41, 5.74) is 4.71. The summed E-state index contributed by atoms with van der Waals surface area (Å²) in [4.78, 5) is 14.1. The minimum atomic E-state index is -0.280. The van der Waals surface area contributed by atoms with Gasteiger partial charge in [0, 0.05) is 37.5 Å². The predicted octanol–water partition coefficient (Wildman–Crippen LogP) is 3.19. The van der Waals surface area contributed by atoms with Crippen molar-refractivity contribution in [1.29, 1.82) is 0 Å². The van der Waals surface area contributed by atoms with E-state index < -0.39 is 0 Å². The van der Waals surface area contributed by atoms with Gasteiger partial charge in [0.25, 0.3) is 0 Å². The van der Waals surface area contributed by atoms with Crippen LogP contribution in [0.15, 0.2) is 24.3 Å². The van der Waals surface area contributed by atoms with E-state index in [1.165, 1.54) is 18.1 Å². The Morgan fingerprint density at radius 3 is 2.70 bits per heavy atom. The number of carbonyl (C=O) groups is 1. The molecule has 0 radical (unpaired) electrons. The van der Waals surface area contributed by atoms with Gasteiger partial charge in [0.15, 0.2) is 23.0 Å². The Hall–Kier alpha value is -2.93. The lowest BCUT2D eigenvalue weighted by Gasteiger charge is -2.46. The number of benzene rings is 2. The molecule has 7 heteroatoms. The van der Waals surface area contributed by atoms with E-state index in [0.29, 0.717) is 12.4 Å². The van der Waals surface area contributed by atoms with Crippen LogP contribution in [-0.4, -0.2) is 45.0 Å². The fraction of sp³-hybridized carbons (Fsp3) is 0.435. The Morgan fingerprint density at radius 2 is 1.93 bits per heavy atom. The van der Waals surface area contributed by atoms with Crippen molar-refractivity contribution < 1.29 is 28.5 Å². The lowest BCUT2D eigenvalue weighted by atomic mass is 9.76. The molecule has 2 aromatic carbocycles. The summed E-state index contributed by atoms with van der Waals surface area (Å²) in [6.07, 6.45) is 0.911. The standard InChI is InChI=1S/C23H25NO6/c1-13(25)28-11-18-15-4-5-19-23(30-12-29-19)17(15)10-24-7-6-14-8-20(26-2)21(27-3)9-16(14)22(18)24/h4-5,8-9,18,22H,6-7,10-12H2,1-3H3/t18-,22+/m1/s1. The van der Waals surface area contributed by atoms with Gasteiger partial charge in [0.1, 0.15) is 0 Å². The van der Waals surface area contributed by atoms with Crippen molar-refractivity contribution >= 4 is 5.97 Å². The first-order valence-electron chi connectivity index (χ1n) is 10.1. The van der Waals surface area contributed by atoms with Gasteiger partial charge >= 0.3 is 5.97 Å². The van der Waals surface area contributed by atoms with Gasteiger partial charge in [-0.2, -0.15) is 0 Å². The summed E-state index contributed by atoms with van der Waals surface area (Å²) >= 11 is 0. The summed E-state index contributed by atoms with van der Waals surface area (Å²) in [5, 5.41) is 0. The maximum Gasteiger partial charge on any atom is 0.302 e. The molecule has 2 atom stereocenters. The minimum Gasteiger partial charge on any atom is -0.493 e. The maximum atomic E-state index is 11.7. The largest absolute Gasteiger partial charge is 0.493 e. The van der Waals surface area contributed by atoms with Gasteiger partial charge in [-0.25, -0.2) is 0 Å². The van der Waals surface area contributed by atoms with Crippen molar-refractivity contribution in [3.05, 3.63) is 46.5 Å². The molecule has 0 aromatic heterocycles. The SMILES string of the molecule is COc1cc2c(cc1OC)[C@H]1[C@H](COC(C)=O)c3ccc4c(c3CN1CC2)OCO4. The van der Waals surface area contributed by atoms with Crippen molar-refractivity contribution in [2.75, 3.05) is 34.2 Å². The topological polar surface area (TPSA) is 66.5 Å². The molecule has 0 aliphatic carbocycles. The molecule has 0 saturated heterocycles. The van der Waals surface area contributed by atoms with Gasteiger partial charge < -0.3 is 23.7 Å². The third kappa shape index (κ3) is 2.96. The molecule has 7 nitrogen and oxygen atoms in total. The molecule has 0 unspecified atom stereocenters. The molecule has 0 N–H and O–H groups in total. The number of esters is 1. The summed E-state index contributed by atoms with van der Waals surface area (Å²) in [7, 11) is 3.31. The van der Waals surface area contributed by atoms with Crippen molar-refractivity contribution in [2.24, 2.45) is 0 Å². The van der Waals surface area contributed by atoms with Crippen LogP contribution in [0.3, 0.4) is 0 Å². The summed E-state index contributed by atoms with van der Waals surface area (Å²) in [6.45, 7) is 3.65. The Labute approximate surface area is 175 Å². The molecule has 0 bridgehead atoms. The normalized spacial score (nSPS) is 21.3. The number of rotatable bonds is 4. The molecule has 0 amide bonds. The molecule has 0 saturated carbocycles. The van der Waals surface area contributed by atoms with E-state index in [1.54, 1.807) is 14.2 Å². The molecule has 158 valence electrons. The Bertz CT molecular complexity index is 1000. The second-order valence-electron chi connectivity index (χ2n) is 7.85. The van der Waals surface area contributed by atoms with Crippen molar-refractivity contribution in [2.45, 2.75) is 31.8 Å². The summed E-state index contributed by atoms with van der Waals surface area (Å²) in [5.74, 6) is 2.74. The van der Waals surface area contributed by atoms with Gasteiger partial charge in [-0.15, -0.1) is 0 Å². The predicted molar refractivity (Wildman–Crippen MR) is 108 cm³/mol. The molecule has 0 fully saturated rings. The fourth-order valence-corrected chi connectivity index (χ4v) is 4.99. The smallest absolute Gasteiger partial charge is 0.302 e. The van der Waals surface area contributed by atoms with E-state index in [2.05, 4.69) is 23.1 Å². The summed E-state index contributed by atoms with van der Waals surface area (Å²) < 4.78 is 28.0. The van der Waals surface area contributed by atoms with E-state index in [0.717, 1.165) is 47.9 Å². The minimum absolute atomic E-state index is 0.0238. The van der Waals surface area contributed by atoms with Gasteiger partial charge in [-0.05, 0) is 41.3 Å². The van der Waals surface area contributed by atoms with Crippen LogP contribution >= 0.6 is 0 Å². The second-order valence-corrected chi connectivity index (χ2v) is 7.85. The molecule has 30 heavy (non-hydrogen) atoms.